The molecule has 0 aliphatic carbocycles. The number of aryl methyl sites for hydroxylation is 1. The van der Waals surface area contributed by atoms with E-state index in [1.54, 1.807) is 11.8 Å². The molecule has 0 radical (unpaired) electrons. The highest BCUT2D eigenvalue weighted by Crippen LogP contribution is 2.38. The first-order valence-electron chi connectivity index (χ1n) is 9.64. The number of aliphatic hydroxyl groups is 1. The van der Waals surface area contributed by atoms with E-state index in [-0.39, 0.29) is 28.3 Å². The molecule has 32 heavy (non-hydrogen) atoms. The summed E-state index contributed by atoms with van der Waals surface area (Å²) in [5, 5.41) is 13.9. The molecule has 4 rings (SSSR count). The molecule has 3 aromatic rings. The zero-order valence-corrected chi connectivity index (χ0v) is 16.9. The zero-order valence-electron chi connectivity index (χ0n) is 16.9. The van der Waals surface area contributed by atoms with Crippen LogP contribution in [0.1, 0.15) is 24.3 Å². The first-order valence-corrected chi connectivity index (χ1v) is 9.64. The summed E-state index contributed by atoms with van der Waals surface area (Å²) in [7, 11) is 0. The number of rotatable bonds is 4. The number of aliphatic hydroxyl groups excluding tert-OH is 1. The molecule has 1 aliphatic rings. The summed E-state index contributed by atoms with van der Waals surface area (Å²) in [4.78, 5) is 22.1. The Hall–Kier alpha value is -3.41. The van der Waals surface area contributed by atoms with Gasteiger partial charge in [-0.3, -0.25) is 0 Å². The molecule has 0 spiro atoms. The number of furan rings is 1. The van der Waals surface area contributed by atoms with Crippen molar-refractivity contribution in [2.45, 2.75) is 38.2 Å². The van der Waals surface area contributed by atoms with E-state index in [0.29, 0.717) is 12.5 Å². The quantitative estimate of drug-likeness (QED) is 0.521. The number of halogens is 4. The van der Waals surface area contributed by atoms with E-state index < -0.39 is 35.9 Å². The third-order valence-electron chi connectivity index (χ3n) is 5.39. The van der Waals surface area contributed by atoms with Gasteiger partial charge in [-0.25, -0.2) is 19.2 Å². The number of urea groups is 1. The lowest BCUT2D eigenvalue weighted by molar-refractivity contribution is -0.158. The maximum Gasteiger partial charge on any atom is 0.416 e. The van der Waals surface area contributed by atoms with Gasteiger partial charge in [0.25, 0.3) is 0 Å². The van der Waals surface area contributed by atoms with Crippen molar-refractivity contribution in [2.75, 3.05) is 16.8 Å². The average Bonchev–Trinajstić information content (AvgIpc) is 3.05. The van der Waals surface area contributed by atoms with Gasteiger partial charge in [-0.05, 0) is 32.0 Å². The van der Waals surface area contributed by atoms with Gasteiger partial charge >= 0.3 is 12.2 Å². The van der Waals surface area contributed by atoms with Crippen LogP contribution in [0.4, 0.5) is 34.0 Å². The Balaban J connectivity index is 1.50. The molecule has 8 nitrogen and oxygen atoms in total. The third-order valence-corrected chi connectivity index (χ3v) is 5.39. The van der Waals surface area contributed by atoms with Crippen molar-refractivity contribution in [1.29, 1.82) is 0 Å². The van der Waals surface area contributed by atoms with Gasteiger partial charge in [-0.15, -0.1) is 0 Å². The van der Waals surface area contributed by atoms with Crippen LogP contribution in [0.3, 0.4) is 0 Å². The smallest absolute Gasteiger partial charge is 0.416 e. The van der Waals surface area contributed by atoms with Gasteiger partial charge in [0.05, 0.1) is 30.2 Å². The lowest BCUT2D eigenvalue weighted by atomic mass is 10.0. The predicted octanol–water partition coefficient (Wildman–Crippen LogP) is 3.66. The van der Waals surface area contributed by atoms with Crippen molar-refractivity contribution in [1.82, 2.24) is 15.3 Å². The zero-order chi connectivity index (χ0) is 23.2. The molecule has 1 aliphatic heterocycles. The highest BCUT2D eigenvalue weighted by Gasteiger charge is 2.45. The summed E-state index contributed by atoms with van der Waals surface area (Å²) in [6.07, 6.45) is -2.86. The Kier molecular flexibility index (Phi) is 5.41. The molecule has 170 valence electrons. The monoisotopic (exact) mass is 453 g/mol. The van der Waals surface area contributed by atoms with Crippen LogP contribution in [0.2, 0.25) is 0 Å². The minimum Gasteiger partial charge on any atom is -0.458 e. The maximum absolute atomic E-state index is 13.7. The van der Waals surface area contributed by atoms with Crippen LogP contribution in [0.5, 0.6) is 0 Å². The maximum atomic E-state index is 13.7. The Morgan fingerprint density at radius 1 is 1.31 bits per heavy atom. The summed E-state index contributed by atoms with van der Waals surface area (Å²) in [6.45, 7) is 3.52. The second kappa shape index (κ2) is 7.93. The molecule has 1 fully saturated rings. The fourth-order valence-electron chi connectivity index (χ4n) is 3.47. The van der Waals surface area contributed by atoms with E-state index in [9.17, 15) is 27.5 Å². The van der Waals surface area contributed by atoms with Crippen LogP contribution in [-0.2, 0) is 0 Å². The molecule has 2 aromatic heterocycles. The molecular weight excluding hydrogens is 434 g/mol. The van der Waals surface area contributed by atoms with Crippen LogP contribution < -0.4 is 15.5 Å². The number of carbonyl (C=O) groups is 1. The Bertz CT molecular complexity index is 1150. The summed E-state index contributed by atoms with van der Waals surface area (Å²) < 4.78 is 59.9. The van der Waals surface area contributed by atoms with E-state index >= 15 is 0 Å². The minimum atomic E-state index is -4.87. The second-order valence-corrected chi connectivity index (χ2v) is 7.54. The van der Waals surface area contributed by atoms with E-state index in [1.807, 2.05) is 5.32 Å². The lowest BCUT2D eigenvalue weighted by Gasteiger charge is -2.43. The third kappa shape index (κ3) is 4.05. The van der Waals surface area contributed by atoms with Gasteiger partial charge in [0.1, 0.15) is 17.2 Å². The van der Waals surface area contributed by atoms with Crippen molar-refractivity contribution in [3.8, 4) is 0 Å². The number of carbonyl (C=O) groups excluding carboxylic acids is 1. The van der Waals surface area contributed by atoms with Crippen LogP contribution in [0.15, 0.2) is 35.0 Å². The summed E-state index contributed by atoms with van der Waals surface area (Å²) in [5.41, 5.74) is 0.217. The molecule has 0 saturated carbocycles. The summed E-state index contributed by atoms with van der Waals surface area (Å²) in [5.74, 6) is -0.829. The van der Waals surface area contributed by atoms with Crippen molar-refractivity contribution in [3.63, 3.8) is 0 Å². The molecule has 1 saturated heterocycles. The highest BCUT2D eigenvalue weighted by atomic mass is 19.4. The van der Waals surface area contributed by atoms with E-state index in [2.05, 4.69) is 15.3 Å². The molecule has 3 heterocycles. The lowest BCUT2D eigenvalue weighted by Crippen LogP contribution is -2.59. The van der Waals surface area contributed by atoms with Gasteiger partial charge in [-0.1, -0.05) is 0 Å². The standard InChI is InChI=1S/C20H19F4N5O3/c1-9-13-5-11(21)3-4-15(13)32-16(9)17(20(22,23)24)28-19(31)27-12-6-25-18(26-7-12)29-8-14(30)10(29)2/h3-7,10,14,17,30H,8H2,1-2H3,(H2,27,28,31)/t10-,14+,17-/m1/s1. The van der Waals surface area contributed by atoms with E-state index in [0.717, 1.165) is 12.1 Å². The molecular formula is C20H19F4N5O3. The van der Waals surface area contributed by atoms with Gasteiger partial charge in [0, 0.05) is 17.5 Å². The van der Waals surface area contributed by atoms with Gasteiger partial charge in [0.15, 0.2) is 6.04 Å². The van der Waals surface area contributed by atoms with Crippen LogP contribution in [0.25, 0.3) is 11.0 Å². The topological polar surface area (TPSA) is 104 Å². The van der Waals surface area contributed by atoms with Crippen LogP contribution in [0, 0.1) is 12.7 Å². The van der Waals surface area contributed by atoms with Crippen LogP contribution >= 0.6 is 0 Å². The van der Waals surface area contributed by atoms with E-state index in [4.69, 9.17) is 4.42 Å². The van der Waals surface area contributed by atoms with Gasteiger partial charge in [-0.2, -0.15) is 13.2 Å². The number of anilines is 2. The summed E-state index contributed by atoms with van der Waals surface area (Å²) in [6, 6.07) is -0.398. The van der Waals surface area contributed by atoms with Crippen molar-refractivity contribution in [2.24, 2.45) is 0 Å². The number of nitrogens with zero attached hydrogens (tertiary/aromatic N) is 3. The molecule has 0 unspecified atom stereocenters. The molecule has 0 bridgehead atoms. The van der Waals surface area contributed by atoms with Crippen molar-refractivity contribution in [3.05, 3.63) is 47.7 Å². The normalized spacial score (nSPS) is 19.5. The van der Waals surface area contributed by atoms with Crippen molar-refractivity contribution >= 4 is 28.6 Å². The van der Waals surface area contributed by atoms with Gasteiger partial charge < -0.3 is 25.1 Å². The van der Waals surface area contributed by atoms with E-state index in [1.165, 1.54) is 25.4 Å². The molecule has 12 heteroatoms. The minimum absolute atomic E-state index is 0.0701. The molecule has 2 amide bonds. The number of aromatic nitrogens is 2. The molecule has 3 atom stereocenters. The Morgan fingerprint density at radius 3 is 2.59 bits per heavy atom. The first kappa shape index (κ1) is 21.8. The first-order chi connectivity index (χ1) is 15.0. The average molecular weight is 453 g/mol. The number of fused-ring (bicyclic) bond motifs is 1. The number of alkyl halides is 3. The second-order valence-electron chi connectivity index (χ2n) is 7.54. The predicted molar refractivity (Wildman–Crippen MR) is 107 cm³/mol. The number of amides is 2. The number of nitrogens with one attached hydrogen (secondary N) is 2. The van der Waals surface area contributed by atoms with Crippen LogP contribution in [-0.4, -0.2) is 46.0 Å². The fourth-order valence-corrected chi connectivity index (χ4v) is 3.47. The van der Waals surface area contributed by atoms with Crippen molar-refractivity contribution < 1.29 is 31.9 Å². The SMILES string of the molecule is Cc1c([C@@H](NC(=O)Nc2cnc(N3C[C@H](O)[C@H]3C)nc2)C(F)(F)F)oc2ccc(F)cc12. The number of β-amino-alcohol motifs (C(OH)–C–C–N with tert-alkyl or cyclic N) is 1. The fraction of sp³-hybridized carbons (Fsp3) is 0.350. The Labute approximate surface area is 179 Å². The Morgan fingerprint density at radius 2 is 2.00 bits per heavy atom. The van der Waals surface area contributed by atoms with Gasteiger partial charge in [0.2, 0.25) is 5.95 Å². The molecule has 1 aromatic carbocycles. The summed E-state index contributed by atoms with van der Waals surface area (Å²) >= 11 is 0. The number of benzene rings is 1. The molecule has 3 N–H and O–H groups in total. The number of hydrogen-bond donors (Lipinski definition) is 3. The number of hydrogen-bond acceptors (Lipinski definition) is 6. The highest BCUT2D eigenvalue weighted by molar-refractivity contribution is 5.89. The largest absolute Gasteiger partial charge is 0.458 e.